The lowest BCUT2D eigenvalue weighted by atomic mass is 10.1. The van der Waals surface area contributed by atoms with Crippen molar-refractivity contribution >= 4 is 22.9 Å². The van der Waals surface area contributed by atoms with E-state index >= 15 is 0 Å². The van der Waals surface area contributed by atoms with Crippen molar-refractivity contribution < 1.29 is 4.74 Å². The van der Waals surface area contributed by atoms with Gasteiger partial charge in [0.1, 0.15) is 12.4 Å². The summed E-state index contributed by atoms with van der Waals surface area (Å²) in [6, 6.07) is 10.1. The highest BCUT2D eigenvalue weighted by molar-refractivity contribution is 7.16. The Balaban J connectivity index is 2.04. The summed E-state index contributed by atoms with van der Waals surface area (Å²) in [7, 11) is 0. The van der Waals surface area contributed by atoms with Crippen LogP contribution in [0.4, 0.5) is 0 Å². The van der Waals surface area contributed by atoms with Gasteiger partial charge in [0.25, 0.3) is 0 Å². The van der Waals surface area contributed by atoms with Gasteiger partial charge in [-0.15, -0.1) is 11.3 Å². The molecule has 0 spiro atoms. The molecule has 16 heavy (non-hydrogen) atoms. The molecule has 0 aliphatic heterocycles. The van der Waals surface area contributed by atoms with Crippen LogP contribution in [0.3, 0.4) is 0 Å². The summed E-state index contributed by atoms with van der Waals surface area (Å²) in [6.45, 7) is 4.73. The minimum absolute atomic E-state index is 0.584. The molecule has 2 rings (SSSR count). The molecule has 1 heterocycles. The lowest BCUT2D eigenvalue weighted by Crippen LogP contribution is -1.93. The minimum atomic E-state index is 0.584. The normalized spacial score (nSPS) is 10.4. The molecular weight excluding hydrogens is 240 g/mol. The van der Waals surface area contributed by atoms with Gasteiger partial charge in [0, 0.05) is 4.88 Å². The molecule has 0 atom stereocenters. The fourth-order valence-corrected chi connectivity index (χ4v) is 2.60. The quantitative estimate of drug-likeness (QED) is 0.776. The molecule has 0 aliphatic carbocycles. The van der Waals surface area contributed by atoms with Crippen molar-refractivity contribution in [2.45, 2.75) is 20.5 Å². The van der Waals surface area contributed by atoms with Crippen molar-refractivity contribution in [3.63, 3.8) is 0 Å². The molecule has 0 amide bonds. The molecule has 0 unspecified atom stereocenters. The van der Waals surface area contributed by atoms with Crippen LogP contribution in [0.15, 0.2) is 30.3 Å². The molecular formula is C13H13ClOS. The van der Waals surface area contributed by atoms with Crippen molar-refractivity contribution in [2.75, 3.05) is 0 Å². The Morgan fingerprint density at radius 2 is 1.81 bits per heavy atom. The molecule has 0 fully saturated rings. The van der Waals surface area contributed by atoms with Crippen molar-refractivity contribution in [2.24, 2.45) is 0 Å². The highest BCUT2D eigenvalue weighted by atomic mass is 35.5. The van der Waals surface area contributed by atoms with Crippen LogP contribution < -0.4 is 4.74 Å². The zero-order valence-corrected chi connectivity index (χ0v) is 10.9. The highest BCUT2D eigenvalue weighted by Crippen LogP contribution is 2.23. The van der Waals surface area contributed by atoms with Gasteiger partial charge in [-0.2, -0.15) is 0 Å². The summed E-state index contributed by atoms with van der Waals surface area (Å²) in [5, 5.41) is 0. The van der Waals surface area contributed by atoms with Crippen LogP contribution in [0.25, 0.3) is 0 Å². The lowest BCUT2D eigenvalue weighted by Gasteiger charge is -2.06. The molecule has 0 radical (unpaired) electrons. The second-order valence-electron chi connectivity index (χ2n) is 3.82. The first-order chi connectivity index (χ1) is 7.63. The molecule has 2 aromatic rings. The van der Waals surface area contributed by atoms with E-state index in [1.165, 1.54) is 11.1 Å². The third kappa shape index (κ3) is 3.00. The molecule has 0 saturated carbocycles. The molecule has 0 bridgehead atoms. The van der Waals surface area contributed by atoms with E-state index in [4.69, 9.17) is 16.3 Å². The van der Waals surface area contributed by atoms with Crippen LogP contribution >= 0.6 is 22.9 Å². The lowest BCUT2D eigenvalue weighted by molar-refractivity contribution is 0.309. The van der Waals surface area contributed by atoms with Crippen LogP contribution in [-0.2, 0) is 6.61 Å². The average molecular weight is 253 g/mol. The van der Waals surface area contributed by atoms with E-state index in [0.717, 1.165) is 15.0 Å². The summed E-state index contributed by atoms with van der Waals surface area (Å²) < 4.78 is 6.52. The summed E-state index contributed by atoms with van der Waals surface area (Å²) >= 11 is 7.41. The van der Waals surface area contributed by atoms with E-state index < -0.39 is 0 Å². The number of hydrogen-bond donors (Lipinski definition) is 0. The number of thiophene rings is 1. The van der Waals surface area contributed by atoms with Crippen molar-refractivity contribution in [1.82, 2.24) is 0 Å². The fourth-order valence-electron chi connectivity index (χ4n) is 1.60. The van der Waals surface area contributed by atoms with Crippen LogP contribution in [0, 0.1) is 13.8 Å². The molecule has 0 aliphatic rings. The molecule has 84 valence electrons. The van der Waals surface area contributed by atoms with Crippen LogP contribution in [0.1, 0.15) is 16.0 Å². The number of aryl methyl sites for hydroxylation is 2. The Bertz CT molecular complexity index is 470. The Morgan fingerprint density at radius 1 is 1.12 bits per heavy atom. The van der Waals surface area contributed by atoms with Gasteiger partial charge in [0.15, 0.2) is 0 Å². The maximum absolute atomic E-state index is 5.86. The van der Waals surface area contributed by atoms with Gasteiger partial charge in [-0.1, -0.05) is 17.7 Å². The highest BCUT2D eigenvalue weighted by Gasteiger charge is 2.00. The predicted octanol–water partition coefficient (Wildman–Crippen LogP) is 4.60. The first-order valence-corrected chi connectivity index (χ1v) is 6.28. The van der Waals surface area contributed by atoms with Crippen molar-refractivity contribution in [3.8, 4) is 5.75 Å². The summed E-state index contributed by atoms with van der Waals surface area (Å²) in [4.78, 5) is 1.14. The smallest absolute Gasteiger partial charge is 0.122 e. The van der Waals surface area contributed by atoms with Gasteiger partial charge in [0.2, 0.25) is 0 Å². The molecule has 0 N–H and O–H groups in total. The first kappa shape index (κ1) is 11.5. The molecule has 0 saturated heterocycles. The monoisotopic (exact) mass is 252 g/mol. The summed E-state index contributed by atoms with van der Waals surface area (Å²) in [5.74, 6) is 0.919. The third-order valence-corrected chi connectivity index (χ3v) is 3.41. The second kappa shape index (κ2) is 4.89. The fraction of sp³-hybridized carbons (Fsp3) is 0.231. The second-order valence-corrected chi connectivity index (χ2v) is 5.62. The largest absolute Gasteiger partial charge is 0.488 e. The maximum Gasteiger partial charge on any atom is 0.122 e. The van der Waals surface area contributed by atoms with Gasteiger partial charge >= 0.3 is 0 Å². The van der Waals surface area contributed by atoms with E-state index in [-0.39, 0.29) is 0 Å². The predicted molar refractivity (Wildman–Crippen MR) is 69.6 cm³/mol. The van der Waals surface area contributed by atoms with Crippen LogP contribution in [0.5, 0.6) is 5.75 Å². The molecule has 1 nitrogen and oxygen atoms in total. The third-order valence-electron chi connectivity index (χ3n) is 2.21. The number of rotatable bonds is 3. The summed E-state index contributed by atoms with van der Waals surface area (Å²) in [6.07, 6.45) is 0. The van der Waals surface area contributed by atoms with E-state index in [9.17, 15) is 0 Å². The van der Waals surface area contributed by atoms with Gasteiger partial charge in [-0.25, -0.2) is 0 Å². The molecule has 1 aromatic heterocycles. The van der Waals surface area contributed by atoms with E-state index in [1.807, 2.05) is 24.3 Å². The average Bonchev–Trinajstić information content (AvgIpc) is 2.60. The topological polar surface area (TPSA) is 9.23 Å². The summed E-state index contributed by atoms with van der Waals surface area (Å²) in [5.41, 5.74) is 2.44. The minimum Gasteiger partial charge on any atom is -0.488 e. The Labute approximate surface area is 105 Å². The van der Waals surface area contributed by atoms with Gasteiger partial charge in [0.05, 0.1) is 4.34 Å². The first-order valence-electron chi connectivity index (χ1n) is 5.09. The Morgan fingerprint density at radius 3 is 2.38 bits per heavy atom. The van der Waals surface area contributed by atoms with Crippen molar-refractivity contribution in [3.05, 3.63) is 50.7 Å². The van der Waals surface area contributed by atoms with E-state index in [1.54, 1.807) is 11.3 Å². The van der Waals surface area contributed by atoms with Crippen LogP contribution in [0.2, 0.25) is 4.34 Å². The van der Waals surface area contributed by atoms with Crippen molar-refractivity contribution in [1.29, 1.82) is 0 Å². The SMILES string of the molecule is Cc1cc(C)cc(OCc2ccc(Cl)s2)c1. The molecule has 1 aromatic carbocycles. The number of benzene rings is 1. The van der Waals surface area contributed by atoms with Gasteiger partial charge in [-0.3, -0.25) is 0 Å². The van der Waals surface area contributed by atoms with Gasteiger partial charge in [-0.05, 0) is 49.2 Å². The van der Waals surface area contributed by atoms with Crippen LogP contribution in [-0.4, -0.2) is 0 Å². The zero-order chi connectivity index (χ0) is 11.5. The molecule has 3 heteroatoms. The number of ether oxygens (including phenoxy) is 1. The zero-order valence-electron chi connectivity index (χ0n) is 9.29. The van der Waals surface area contributed by atoms with E-state index in [0.29, 0.717) is 6.61 Å². The van der Waals surface area contributed by atoms with E-state index in [2.05, 4.69) is 19.9 Å². The standard InChI is InChI=1S/C13H13ClOS/c1-9-5-10(2)7-11(6-9)15-8-12-3-4-13(14)16-12/h3-7H,8H2,1-2H3. The maximum atomic E-state index is 5.86. The Hall–Kier alpha value is -0.990. The van der Waals surface area contributed by atoms with Gasteiger partial charge < -0.3 is 4.74 Å². The Kier molecular flexibility index (Phi) is 3.52. The number of halogens is 1. The number of hydrogen-bond acceptors (Lipinski definition) is 2.